The van der Waals surface area contributed by atoms with Gasteiger partial charge in [0, 0.05) is 23.9 Å². The Morgan fingerprint density at radius 1 is 0.875 bits per heavy atom. The van der Waals surface area contributed by atoms with E-state index in [1.807, 2.05) is 23.7 Å². The summed E-state index contributed by atoms with van der Waals surface area (Å²) in [5.41, 5.74) is 4.64. The molecular weight excluding hydrogens is 298 g/mol. The summed E-state index contributed by atoms with van der Waals surface area (Å²) >= 11 is 0. The van der Waals surface area contributed by atoms with Gasteiger partial charge in [-0.05, 0) is 31.2 Å². The fraction of sp³-hybridized carbons (Fsp3) is 0.429. The molecule has 0 aliphatic heterocycles. The van der Waals surface area contributed by atoms with Gasteiger partial charge in [-0.3, -0.25) is 9.59 Å². The van der Waals surface area contributed by atoms with Gasteiger partial charge in [-0.1, -0.05) is 51.0 Å². The molecule has 126 valence electrons. The molecule has 0 unspecified atom stereocenters. The molecule has 0 spiro atoms. The molecule has 0 saturated heterocycles. The first-order chi connectivity index (χ1) is 11.6. The first kappa shape index (κ1) is 16.7. The molecule has 1 aromatic carbocycles. The summed E-state index contributed by atoms with van der Waals surface area (Å²) in [4.78, 5) is 26.1. The van der Waals surface area contributed by atoms with Crippen molar-refractivity contribution in [3.05, 3.63) is 57.9 Å². The van der Waals surface area contributed by atoms with Gasteiger partial charge in [0.2, 0.25) is 5.78 Å². The SMILES string of the molecule is CCCCc1c2c(n(C)c1CCCC)C(=O)c1ccccc1C2=O. The molecular formula is C21H25NO2. The summed E-state index contributed by atoms with van der Waals surface area (Å²) in [6, 6.07) is 7.21. The summed E-state index contributed by atoms with van der Waals surface area (Å²) in [5.74, 6) is 0.00727. The maximum absolute atomic E-state index is 13.1. The quantitative estimate of drug-likeness (QED) is 0.670. The second-order valence-corrected chi connectivity index (χ2v) is 6.62. The fourth-order valence-corrected chi connectivity index (χ4v) is 3.73. The maximum atomic E-state index is 13.1. The number of ketones is 2. The van der Waals surface area contributed by atoms with Crippen LogP contribution in [0.25, 0.3) is 0 Å². The highest BCUT2D eigenvalue weighted by Crippen LogP contribution is 2.34. The number of hydrogen-bond acceptors (Lipinski definition) is 2. The Bertz CT molecular complexity index is 798. The highest BCUT2D eigenvalue weighted by atomic mass is 16.1. The zero-order chi connectivity index (χ0) is 17.3. The number of carbonyl (C=O) groups excluding carboxylic acids is 2. The predicted molar refractivity (Wildman–Crippen MR) is 95.9 cm³/mol. The summed E-state index contributed by atoms with van der Waals surface area (Å²) in [5, 5.41) is 0. The van der Waals surface area contributed by atoms with Gasteiger partial charge in [0.1, 0.15) is 5.69 Å². The van der Waals surface area contributed by atoms with E-state index in [1.165, 1.54) is 5.69 Å². The molecule has 1 aromatic heterocycles. The summed E-state index contributed by atoms with van der Waals surface area (Å²) in [6.07, 6.45) is 6.10. The zero-order valence-corrected chi connectivity index (χ0v) is 14.8. The van der Waals surface area contributed by atoms with Gasteiger partial charge in [0.25, 0.3) is 0 Å². The van der Waals surface area contributed by atoms with E-state index in [0.29, 0.717) is 22.4 Å². The zero-order valence-electron chi connectivity index (χ0n) is 14.8. The number of benzene rings is 1. The lowest BCUT2D eigenvalue weighted by atomic mass is 9.85. The van der Waals surface area contributed by atoms with Crippen molar-refractivity contribution in [1.82, 2.24) is 4.57 Å². The standard InChI is InChI=1S/C21H25NO2/c1-4-6-10-16-17(13-7-5-2)22(3)19-18(16)20(23)14-11-8-9-12-15(14)21(19)24/h8-9,11-12H,4-7,10,13H2,1-3H3. The minimum atomic E-state index is -0.0109. The number of carbonyl (C=O) groups is 2. The lowest BCUT2D eigenvalue weighted by molar-refractivity contribution is 0.0973. The van der Waals surface area contributed by atoms with Crippen molar-refractivity contribution in [3.63, 3.8) is 0 Å². The van der Waals surface area contributed by atoms with Gasteiger partial charge in [0.15, 0.2) is 5.78 Å². The molecule has 24 heavy (non-hydrogen) atoms. The average Bonchev–Trinajstić information content (AvgIpc) is 2.88. The Balaban J connectivity index is 2.20. The van der Waals surface area contributed by atoms with Crippen molar-refractivity contribution in [2.45, 2.75) is 52.4 Å². The van der Waals surface area contributed by atoms with Gasteiger partial charge >= 0.3 is 0 Å². The van der Waals surface area contributed by atoms with E-state index in [-0.39, 0.29) is 11.6 Å². The number of fused-ring (bicyclic) bond motifs is 2. The van der Waals surface area contributed by atoms with Gasteiger partial charge in [-0.2, -0.15) is 0 Å². The second kappa shape index (κ2) is 6.76. The molecule has 0 saturated carbocycles. The fourth-order valence-electron chi connectivity index (χ4n) is 3.73. The molecule has 1 aliphatic carbocycles. The third-order valence-electron chi connectivity index (χ3n) is 5.03. The molecule has 0 amide bonds. The van der Waals surface area contributed by atoms with Crippen LogP contribution < -0.4 is 0 Å². The number of nitrogens with zero attached hydrogens (tertiary/aromatic N) is 1. The maximum Gasteiger partial charge on any atom is 0.210 e. The third-order valence-corrected chi connectivity index (χ3v) is 5.03. The number of unbranched alkanes of at least 4 members (excludes halogenated alkanes) is 2. The van der Waals surface area contributed by atoms with Crippen LogP contribution in [0.1, 0.15) is 82.8 Å². The topological polar surface area (TPSA) is 39.1 Å². The highest BCUT2D eigenvalue weighted by molar-refractivity contribution is 6.28. The first-order valence-corrected chi connectivity index (χ1v) is 9.00. The average molecular weight is 323 g/mol. The van der Waals surface area contributed by atoms with Crippen LogP contribution in [0.4, 0.5) is 0 Å². The number of rotatable bonds is 6. The van der Waals surface area contributed by atoms with Crippen LogP contribution in [0.5, 0.6) is 0 Å². The largest absolute Gasteiger partial charge is 0.344 e. The summed E-state index contributed by atoms with van der Waals surface area (Å²) < 4.78 is 1.99. The smallest absolute Gasteiger partial charge is 0.210 e. The highest BCUT2D eigenvalue weighted by Gasteiger charge is 2.36. The van der Waals surface area contributed by atoms with Crippen molar-refractivity contribution < 1.29 is 9.59 Å². The molecule has 3 rings (SSSR count). The normalized spacial score (nSPS) is 13.1. The number of hydrogen-bond donors (Lipinski definition) is 0. The van der Waals surface area contributed by atoms with Gasteiger partial charge in [-0.15, -0.1) is 0 Å². The lowest BCUT2D eigenvalue weighted by Crippen LogP contribution is -2.22. The molecule has 1 aliphatic rings. The Kier molecular flexibility index (Phi) is 4.70. The van der Waals surface area contributed by atoms with Crippen LogP contribution in [0.3, 0.4) is 0 Å². The lowest BCUT2D eigenvalue weighted by Gasteiger charge is -2.16. The molecule has 0 radical (unpaired) electrons. The second-order valence-electron chi connectivity index (χ2n) is 6.62. The van der Waals surface area contributed by atoms with E-state index in [0.717, 1.165) is 44.1 Å². The van der Waals surface area contributed by atoms with E-state index in [1.54, 1.807) is 12.1 Å². The molecule has 0 N–H and O–H groups in total. The van der Waals surface area contributed by atoms with Gasteiger partial charge < -0.3 is 4.57 Å². The molecule has 0 fully saturated rings. The van der Waals surface area contributed by atoms with Crippen LogP contribution in [-0.4, -0.2) is 16.1 Å². The van der Waals surface area contributed by atoms with E-state index in [9.17, 15) is 9.59 Å². The van der Waals surface area contributed by atoms with Crippen molar-refractivity contribution >= 4 is 11.6 Å². The molecule has 1 heterocycles. The molecule has 3 heteroatoms. The van der Waals surface area contributed by atoms with Gasteiger partial charge in [0.05, 0.1) is 5.56 Å². The Labute approximate surface area is 143 Å². The van der Waals surface area contributed by atoms with Crippen molar-refractivity contribution in [2.75, 3.05) is 0 Å². The molecule has 0 bridgehead atoms. The predicted octanol–water partition coefficient (Wildman–Crippen LogP) is 4.49. The van der Waals surface area contributed by atoms with Crippen molar-refractivity contribution in [1.29, 1.82) is 0 Å². The first-order valence-electron chi connectivity index (χ1n) is 9.00. The van der Waals surface area contributed by atoms with Crippen molar-refractivity contribution in [2.24, 2.45) is 7.05 Å². The summed E-state index contributed by atoms with van der Waals surface area (Å²) in [6.45, 7) is 4.32. The van der Waals surface area contributed by atoms with E-state index < -0.39 is 0 Å². The Morgan fingerprint density at radius 2 is 1.46 bits per heavy atom. The van der Waals surface area contributed by atoms with Crippen LogP contribution in [0.15, 0.2) is 24.3 Å². The Hall–Kier alpha value is -2.16. The number of aromatic nitrogens is 1. The van der Waals surface area contributed by atoms with Crippen LogP contribution in [0.2, 0.25) is 0 Å². The summed E-state index contributed by atoms with van der Waals surface area (Å²) in [7, 11) is 1.94. The molecule has 0 atom stereocenters. The van der Waals surface area contributed by atoms with E-state index in [2.05, 4.69) is 13.8 Å². The molecule has 2 aromatic rings. The van der Waals surface area contributed by atoms with Crippen LogP contribution in [-0.2, 0) is 19.9 Å². The molecule has 3 nitrogen and oxygen atoms in total. The van der Waals surface area contributed by atoms with Crippen molar-refractivity contribution in [3.8, 4) is 0 Å². The minimum Gasteiger partial charge on any atom is -0.344 e. The third kappa shape index (κ3) is 2.52. The van der Waals surface area contributed by atoms with Crippen LogP contribution in [0, 0.1) is 0 Å². The van der Waals surface area contributed by atoms with E-state index in [4.69, 9.17) is 0 Å². The van der Waals surface area contributed by atoms with Gasteiger partial charge in [-0.25, -0.2) is 0 Å². The minimum absolute atomic E-state index is 0.0109. The van der Waals surface area contributed by atoms with Crippen LogP contribution >= 0.6 is 0 Å². The Morgan fingerprint density at radius 3 is 2.08 bits per heavy atom. The monoisotopic (exact) mass is 323 g/mol. The van der Waals surface area contributed by atoms with E-state index >= 15 is 0 Å².